The number of benzene rings is 1. The van der Waals surface area contributed by atoms with E-state index in [0.29, 0.717) is 6.54 Å². The fourth-order valence-corrected chi connectivity index (χ4v) is 3.39. The highest BCUT2D eigenvalue weighted by molar-refractivity contribution is 5.36. The number of halogens is 1. The van der Waals surface area contributed by atoms with Crippen molar-refractivity contribution in [2.45, 2.75) is 26.4 Å². The van der Waals surface area contributed by atoms with Gasteiger partial charge in [0.15, 0.2) is 0 Å². The molecule has 0 aliphatic heterocycles. The molecule has 1 unspecified atom stereocenters. The summed E-state index contributed by atoms with van der Waals surface area (Å²) < 4.78 is 17.4. The monoisotopic (exact) mass is 375 g/mol. The van der Waals surface area contributed by atoms with E-state index in [-0.39, 0.29) is 11.9 Å². The third-order valence-electron chi connectivity index (χ3n) is 4.91. The molecule has 3 aromatic heterocycles. The predicted molar refractivity (Wildman–Crippen MR) is 107 cm³/mol. The summed E-state index contributed by atoms with van der Waals surface area (Å²) in [5.41, 5.74) is 4.99. The molecule has 3 heterocycles. The normalized spacial score (nSPS) is 12.2. The van der Waals surface area contributed by atoms with Crippen LogP contribution in [0.15, 0.2) is 73.3 Å². The standard InChI is InChI=1S/C22H22FN5/c1-16(22-15-26-28(17(22)2)19-7-3-6-18(23)12-19)25-14-21-9-5-11-27(21)20-8-4-10-24-13-20/h3-13,15-16,25H,14H2,1-2H3. The molecule has 0 bridgehead atoms. The first kappa shape index (κ1) is 18.1. The SMILES string of the molecule is Cc1c(C(C)NCc2cccn2-c2cccnc2)cnn1-c1cccc(F)c1. The van der Waals surface area contributed by atoms with E-state index in [1.54, 1.807) is 16.9 Å². The van der Waals surface area contributed by atoms with Gasteiger partial charge in [0.1, 0.15) is 5.82 Å². The first-order chi connectivity index (χ1) is 13.6. The summed E-state index contributed by atoms with van der Waals surface area (Å²) in [4.78, 5) is 4.19. The van der Waals surface area contributed by atoms with E-state index >= 15 is 0 Å². The van der Waals surface area contributed by atoms with E-state index in [2.05, 4.69) is 33.0 Å². The minimum Gasteiger partial charge on any atom is -0.318 e. The van der Waals surface area contributed by atoms with Crippen molar-refractivity contribution in [2.75, 3.05) is 0 Å². The fourth-order valence-electron chi connectivity index (χ4n) is 3.39. The molecular weight excluding hydrogens is 353 g/mol. The van der Waals surface area contributed by atoms with Crippen molar-refractivity contribution < 1.29 is 4.39 Å². The van der Waals surface area contributed by atoms with Crippen LogP contribution in [0.1, 0.15) is 29.9 Å². The van der Waals surface area contributed by atoms with Crippen LogP contribution >= 0.6 is 0 Å². The minimum absolute atomic E-state index is 0.0968. The quantitative estimate of drug-likeness (QED) is 0.545. The van der Waals surface area contributed by atoms with Crippen molar-refractivity contribution >= 4 is 0 Å². The Hall–Kier alpha value is -3.25. The largest absolute Gasteiger partial charge is 0.318 e. The van der Waals surface area contributed by atoms with Crippen LogP contribution in [0.5, 0.6) is 0 Å². The van der Waals surface area contributed by atoms with Crippen molar-refractivity contribution in [3.63, 3.8) is 0 Å². The van der Waals surface area contributed by atoms with Crippen molar-refractivity contribution in [3.8, 4) is 11.4 Å². The van der Waals surface area contributed by atoms with E-state index in [0.717, 1.165) is 28.3 Å². The van der Waals surface area contributed by atoms with Crippen LogP contribution in [0.2, 0.25) is 0 Å². The van der Waals surface area contributed by atoms with Crippen LogP contribution < -0.4 is 5.32 Å². The van der Waals surface area contributed by atoms with E-state index in [1.807, 2.05) is 49.8 Å². The third-order valence-corrected chi connectivity index (χ3v) is 4.91. The first-order valence-corrected chi connectivity index (χ1v) is 9.24. The zero-order valence-electron chi connectivity index (χ0n) is 15.9. The molecule has 0 amide bonds. The Morgan fingerprint density at radius 2 is 1.93 bits per heavy atom. The van der Waals surface area contributed by atoms with Crippen LogP contribution in [0, 0.1) is 12.7 Å². The molecule has 142 valence electrons. The van der Waals surface area contributed by atoms with Gasteiger partial charge in [-0.25, -0.2) is 9.07 Å². The molecule has 0 saturated heterocycles. The Morgan fingerprint density at radius 1 is 1.07 bits per heavy atom. The molecule has 0 fully saturated rings. The summed E-state index contributed by atoms with van der Waals surface area (Å²) in [5, 5.41) is 8.01. The first-order valence-electron chi connectivity index (χ1n) is 9.24. The van der Waals surface area contributed by atoms with Crippen molar-refractivity contribution in [3.05, 3.63) is 96.1 Å². The number of hydrogen-bond donors (Lipinski definition) is 1. The van der Waals surface area contributed by atoms with Gasteiger partial charge in [-0.2, -0.15) is 5.10 Å². The molecule has 0 spiro atoms. The maximum absolute atomic E-state index is 13.5. The van der Waals surface area contributed by atoms with Gasteiger partial charge >= 0.3 is 0 Å². The zero-order valence-corrected chi connectivity index (χ0v) is 15.9. The molecular formula is C22H22FN5. The van der Waals surface area contributed by atoms with Gasteiger partial charge in [0, 0.05) is 41.9 Å². The average molecular weight is 375 g/mol. The Labute approximate surface area is 163 Å². The van der Waals surface area contributed by atoms with Crippen LogP contribution in [-0.2, 0) is 6.54 Å². The summed E-state index contributed by atoms with van der Waals surface area (Å²) >= 11 is 0. The Kier molecular flexibility index (Phi) is 5.04. The van der Waals surface area contributed by atoms with Gasteiger partial charge in [0.25, 0.3) is 0 Å². The molecule has 6 heteroatoms. The van der Waals surface area contributed by atoms with Gasteiger partial charge in [-0.15, -0.1) is 0 Å². The highest BCUT2D eigenvalue weighted by Gasteiger charge is 2.15. The van der Waals surface area contributed by atoms with Gasteiger partial charge in [-0.3, -0.25) is 4.98 Å². The number of aromatic nitrogens is 4. The second-order valence-electron chi connectivity index (χ2n) is 6.76. The van der Waals surface area contributed by atoms with E-state index in [1.165, 1.54) is 12.1 Å². The summed E-state index contributed by atoms with van der Waals surface area (Å²) in [7, 11) is 0. The lowest BCUT2D eigenvalue weighted by Crippen LogP contribution is -2.20. The highest BCUT2D eigenvalue weighted by atomic mass is 19.1. The lowest BCUT2D eigenvalue weighted by Gasteiger charge is -2.16. The van der Waals surface area contributed by atoms with Gasteiger partial charge in [-0.05, 0) is 56.3 Å². The summed E-state index contributed by atoms with van der Waals surface area (Å²) in [6.45, 7) is 4.81. The molecule has 28 heavy (non-hydrogen) atoms. The molecule has 0 saturated carbocycles. The zero-order chi connectivity index (χ0) is 19.5. The average Bonchev–Trinajstić information content (AvgIpc) is 3.33. The lowest BCUT2D eigenvalue weighted by atomic mass is 10.1. The number of hydrogen-bond acceptors (Lipinski definition) is 3. The molecule has 1 atom stereocenters. The minimum atomic E-state index is -0.267. The van der Waals surface area contributed by atoms with Crippen LogP contribution in [0.4, 0.5) is 4.39 Å². The topological polar surface area (TPSA) is 47.7 Å². The maximum Gasteiger partial charge on any atom is 0.125 e. The predicted octanol–water partition coefficient (Wildman–Crippen LogP) is 4.36. The molecule has 5 nitrogen and oxygen atoms in total. The van der Waals surface area contributed by atoms with Gasteiger partial charge in [0.05, 0.1) is 23.8 Å². The summed E-state index contributed by atoms with van der Waals surface area (Å²) in [6.07, 6.45) is 7.50. The van der Waals surface area contributed by atoms with Crippen molar-refractivity contribution in [1.29, 1.82) is 0 Å². The molecule has 4 rings (SSSR count). The molecule has 0 aliphatic carbocycles. The van der Waals surface area contributed by atoms with Crippen LogP contribution in [0.25, 0.3) is 11.4 Å². The highest BCUT2D eigenvalue weighted by Crippen LogP contribution is 2.21. The second-order valence-corrected chi connectivity index (χ2v) is 6.76. The lowest BCUT2D eigenvalue weighted by molar-refractivity contribution is 0.560. The molecule has 1 aromatic carbocycles. The Bertz CT molecular complexity index is 1070. The van der Waals surface area contributed by atoms with E-state index in [9.17, 15) is 4.39 Å². The van der Waals surface area contributed by atoms with Crippen LogP contribution in [0.3, 0.4) is 0 Å². The van der Waals surface area contributed by atoms with Gasteiger partial charge in [0.2, 0.25) is 0 Å². The summed E-state index contributed by atoms with van der Waals surface area (Å²) in [5.74, 6) is -0.267. The third kappa shape index (κ3) is 3.59. The maximum atomic E-state index is 13.5. The van der Waals surface area contributed by atoms with Crippen LogP contribution in [-0.4, -0.2) is 19.3 Å². The number of nitrogens with zero attached hydrogens (tertiary/aromatic N) is 4. The Morgan fingerprint density at radius 3 is 2.71 bits per heavy atom. The number of pyridine rings is 1. The smallest absolute Gasteiger partial charge is 0.125 e. The second kappa shape index (κ2) is 7.78. The Balaban J connectivity index is 1.50. The van der Waals surface area contributed by atoms with Gasteiger partial charge < -0.3 is 9.88 Å². The van der Waals surface area contributed by atoms with E-state index < -0.39 is 0 Å². The molecule has 4 aromatic rings. The van der Waals surface area contributed by atoms with E-state index in [4.69, 9.17) is 0 Å². The number of rotatable bonds is 6. The molecule has 0 aliphatic rings. The van der Waals surface area contributed by atoms with Gasteiger partial charge in [-0.1, -0.05) is 6.07 Å². The van der Waals surface area contributed by atoms with Crippen molar-refractivity contribution in [1.82, 2.24) is 24.6 Å². The summed E-state index contributed by atoms with van der Waals surface area (Å²) in [6, 6.07) is 14.7. The molecule has 1 N–H and O–H groups in total. The number of nitrogens with one attached hydrogen (secondary N) is 1. The molecule has 0 radical (unpaired) electrons. The van der Waals surface area contributed by atoms with Crippen molar-refractivity contribution in [2.24, 2.45) is 0 Å². The fraction of sp³-hybridized carbons (Fsp3) is 0.182.